The number of ether oxygens (including phenoxy) is 1. The first-order chi connectivity index (χ1) is 11.1. The molecule has 4 rings (SSSR count). The lowest BCUT2D eigenvalue weighted by Crippen LogP contribution is -1.96. The van der Waals surface area contributed by atoms with Gasteiger partial charge in [0.25, 0.3) is 0 Å². The van der Waals surface area contributed by atoms with E-state index in [1.807, 2.05) is 30.3 Å². The number of aromatic carboxylic acids is 1. The summed E-state index contributed by atoms with van der Waals surface area (Å²) < 4.78 is 5.27. The smallest absolute Gasteiger partial charge is 0.339 e. The molecule has 3 aromatic carbocycles. The predicted molar refractivity (Wildman–Crippen MR) is 88.5 cm³/mol. The van der Waals surface area contributed by atoms with Gasteiger partial charge in [-0.05, 0) is 35.7 Å². The molecule has 114 valence electrons. The molecule has 0 amide bonds. The molecular formula is C18H13NO4. The van der Waals surface area contributed by atoms with Crippen molar-refractivity contribution < 1.29 is 19.7 Å². The maximum absolute atomic E-state index is 11.2. The molecule has 1 aromatic heterocycles. The zero-order valence-electron chi connectivity index (χ0n) is 12.3. The molecule has 0 aliphatic rings. The SMILES string of the molecule is COc1ccc2[nH]c3c4cc(O)c(C(=O)O)cc4ccc3c2c1. The molecule has 23 heavy (non-hydrogen) atoms. The number of aromatic amines is 1. The molecule has 0 bridgehead atoms. The summed E-state index contributed by atoms with van der Waals surface area (Å²) in [5, 5.41) is 22.7. The number of aromatic nitrogens is 1. The second-order valence-corrected chi connectivity index (χ2v) is 5.42. The largest absolute Gasteiger partial charge is 0.507 e. The summed E-state index contributed by atoms with van der Waals surface area (Å²) in [6, 6.07) is 12.5. The van der Waals surface area contributed by atoms with Crippen LogP contribution in [-0.2, 0) is 0 Å². The standard InChI is InChI=1S/C18H13NO4/c1-23-10-3-5-15-13(7-10)11-4-2-9-6-14(18(21)22)16(20)8-12(9)17(11)19-15/h2-8,19-20H,1H3,(H,21,22). The summed E-state index contributed by atoms with van der Waals surface area (Å²) in [4.78, 5) is 14.5. The van der Waals surface area contributed by atoms with Crippen LogP contribution in [0.2, 0.25) is 0 Å². The van der Waals surface area contributed by atoms with Crippen LogP contribution in [0.25, 0.3) is 32.6 Å². The van der Waals surface area contributed by atoms with Crippen molar-refractivity contribution in [3.05, 3.63) is 48.0 Å². The van der Waals surface area contributed by atoms with E-state index in [9.17, 15) is 9.90 Å². The van der Waals surface area contributed by atoms with Crippen LogP contribution in [0.3, 0.4) is 0 Å². The van der Waals surface area contributed by atoms with Crippen LogP contribution in [0.15, 0.2) is 42.5 Å². The summed E-state index contributed by atoms with van der Waals surface area (Å²) in [7, 11) is 1.62. The van der Waals surface area contributed by atoms with E-state index in [4.69, 9.17) is 9.84 Å². The van der Waals surface area contributed by atoms with E-state index >= 15 is 0 Å². The molecular weight excluding hydrogens is 294 g/mol. The van der Waals surface area contributed by atoms with Gasteiger partial charge in [0.2, 0.25) is 0 Å². The minimum atomic E-state index is -1.15. The third kappa shape index (κ3) is 1.90. The number of carbonyl (C=O) groups is 1. The monoisotopic (exact) mass is 307 g/mol. The van der Waals surface area contributed by atoms with Gasteiger partial charge in [-0.25, -0.2) is 4.79 Å². The Hall–Kier alpha value is -3.21. The van der Waals surface area contributed by atoms with Crippen molar-refractivity contribution in [2.45, 2.75) is 0 Å². The van der Waals surface area contributed by atoms with Gasteiger partial charge in [-0.2, -0.15) is 0 Å². The first kappa shape index (κ1) is 13.5. The van der Waals surface area contributed by atoms with E-state index in [-0.39, 0.29) is 11.3 Å². The average molecular weight is 307 g/mol. The first-order valence-electron chi connectivity index (χ1n) is 7.07. The number of hydrogen-bond acceptors (Lipinski definition) is 3. The maximum atomic E-state index is 11.2. The fraction of sp³-hybridized carbons (Fsp3) is 0.0556. The van der Waals surface area contributed by atoms with Gasteiger partial charge < -0.3 is 19.9 Å². The molecule has 5 heteroatoms. The second kappa shape index (κ2) is 4.64. The highest BCUT2D eigenvalue weighted by Gasteiger charge is 2.14. The van der Waals surface area contributed by atoms with Crippen molar-refractivity contribution in [3.63, 3.8) is 0 Å². The highest BCUT2D eigenvalue weighted by molar-refractivity contribution is 6.18. The van der Waals surface area contributed by atoms with E-state index < -0.39 is 5.97 Å². The molecule has 0 atom stereocenters. The fourth-order valence-corrected chi connectivity index (χ4v) is 3.01. The predicted octanol–water partition coefficient (Wildman–Crippen LogP) is 3.89. The van der Waals surface area contributed by atoms with Gasteiger partial charge >= 0.3 is 5.97 Å². The number of benzene rings is 3. The van der Waals surface area contributed by atoms with E-state index in [1.165, 1.54) is 12.1 Å². The van der Waals surface area contributed by atoms with Gasteiger partial charge in [0, 0.05) is 21.7 Å². The third-order valence-corrected chi connectivity index (χ3v) is 4.14. The minimum absolute atomic E-state index is 0.102. The molecule has 4 aromatic rings. The highest BCUT2D eigenvalue weighted by Crippen LogP contribution is 2.35. The van der Waals surface area contributed by atoms with Crippen LogP contribution in [0.1, 0.15) is 10.4 Å². The number of methoxy groups -OCH3 is 1. The molecule has 5 nitrogen and oxygen atoms in total. The first-order valence-corrected chi connectivity index (χ1v) is 7.07. The number of carboxylic acid groups (broad SMARTS) is 1. The fourth-order valence-electron chi connectivity index (χ4n) is 3.01. The molecule has 3 N–H and O–H groups in total. The van der Waals surface area contributed by atoms with E-state index in [0.29, 0.717) is 0 Å². The second-order valence-electron chi connectivity index (χ2n) is 5.42. The number of phenols is 1. The van der Waals surface area contributed by atoms with E-state index in [2.05, 4.69) is 4.98 Å². The molecule has 0 unspecified atom stereocenters. The Labute approximate surface area is 130 Å². The summed E-state index contributed by atoms with van der Waals surface area (Å²) in [5.74, 6) is -0.623. The van der Waals surface area contributed by atoms with Gasteiger partial charge in [0.05, 0.1) is 12.6 Å². The molecule has 1 heterocycles. The van der Waals surface area contributed by atoms with Crippen LogP contribution in [0.4, 0.5) is 0 Å². The molecule has 0 saturated carbocycles. The van der Waals surface area contributed by atoms with E-state index in [0.717, 1.165) is 38.3 Å². The number of aromatic hydroxyl groups is 1. The summed E-state index contributed by atoms with van der Waals surface area (Å²) >= 11 is 0. The zero-order chi connectivity index (χ0) is 16.1. The molecule has 0 aliphatic carbocycles. The maximum Gasteiger partial charge on any atom is 0.339 e. The van der Waals surface area contributed by atoms with Gasteiger partial charge in [0.15, 0.2) is 0 Å². The van der Waals surface area contributed by atoms with Crippen molar-refractivity contribution >= 4 is 38.5 Å². The number of rotatable bonds is 2. The van der Waals surface area contributed by atoms with Crippen LogP contribution in [0, 0.1) is 0 Å². The summed E-state index contributed by atoms with van der Waals surface area (Å²) in [6.07, 6.45) is 0. The van der Waals surface area contributed by atoms with Crippen LogP contribution >= 0.6 is 0 Å². The Balaban J connectivity index is 2.12. The number of H-pyrrole nitrogens is 1. The molecule has 0 fully saturated rings. The van der Waals surface area contributed by atoms with Gasteiger partial charge in [-0.15, -0.1) is 0 Å². The summed E-state index contributed by atoms with van der Waals surface area (Å²) in [6.45, 7) is 0. The lowest BCUT2D eigenvalue weighted by molar-refractivity contribution is 0.0694. The quantitative estimate of drug-likeness (QED) is 0.525. The van der Waals surface area contributed by atoms with Gasteiger partial charge in [0.1, 0.15) is 17.1 Å². The lowest BCUT2D eigenvalue weighted by Gasteiger charge is -2.04. The number of nitrogens with one attached hydrogen (secondary N) is 1. The topological polar surface area (TPSA) is 82.5 Å². The van der Waals surface area contributed by atoms with Crippen molar-refractivity contribution in [3.8, 4) is 11.5 Å². The third-order valence-electron chi connectivity index (χ3n) is 4.14. The van der Waals surface area contributed by atoms with Crippen molar-refractivity contribution in [2.24, 2.45) is 0 Å². The molecule has 0 radical (unpaired) electrons. The Morgan fingerprint density at radius 2 is 1.87 bits per heavy atom. The number of hydrogen-bond donors (Lipinski definition) is 3. The van der Waals surface area contributed by atoms with Crippen molar-refractivity contribution in [1.82, 2.24) is 4.98 Å². The Morgan fingerprint density at radius 3 is 2.61 bits per heavy atom. The van der Waals surface area contributed by atoms with Crippen LogP contribution in [-0.4, -0.2) is 28.3 Å². The number of fused-ring (bicyclic) bond motifs is 5. The normalized spacial score (nSPS) is 11.3. The number of carboxylic acids is 1. The average Bonchev–Trinajstić information content (AvgIpc) is 2.92. The molecule has 0 saturated heterocycles. The minimum Gasteiger partial charge on any atom is -0.507 e. The Bertz CT molecular complexity index is 1090. The molecule has 0 spiro atoms. The Morgan fingerprint density at radius 1 is 1.04 bits per heavy atom. The van der Waals surface area contributed by atoms with Crippen LogP contribution in [0.5, 0.6) is 11.5 Å². The zero-order valence-corrected chi connectivity index (χ0v) is 12.3. The summed E-state index contributed by atoms with van der Waals surface area (Å²) in [5.41, 5.74) is 1.71. The molecule has 0 aliphatic heterocycles. The van der Waals surface area contributed by atoms with Crippen molar-refractivity contribution in [1.29, 1.82) is 0 Å². The van der Waals surface area contributed by atoms with Gasteiger partial charge in [-0.1, -0.05) is 12.1 Å². The van der Waals surface area contributed by atoms with E-state index in [1.54, 1.807) is 7.11 Å². The van der Waals surface area contributed by atoms with Crippen molar-refractivity contribution in [2.75, 3.05) is 7.11 Å². The highest BCUT2D eigenvalue weighted by atomic mass is 16.5. The lowest BCUT2D eigenvalue weighted by atomic mass is 10.0. The van der Waals surface area contributed by atoms with Gasteiger partial charge in [-0.3, -0.25) is 0 Å². The Kier molecular flexibility index (Phi) is 2.72. The van der Waals surface area contributed by atoms with Crippen LogP contribution < -0.4 is 4.74 Å².